The van der Waals surface area contributed by atoms with Crippen LogP contribution in [0.5, 0.6) is 17.2 Å². The summed E-state index contributed by atoms with van der Waals surface area (Å²) in [6, 6.07) is 5.98. The van der Waals surface area contributed by atoms with Gasteiger partial charge in [-0.1, -0.05) is 25.7 Å². The first-order valence-electron chi connectivity index (χ1n) is 9.40. The van der Waals surface area contributed by atoms with E-state index in [1.807, 2.05) is 18.2 Å². The van der Waals surface area contributed by atoms with Crippen LogP contribution in [0.4, 0.5) is 17.5 Å². The molecule has 0 radical (unpaired) electrons. The fourth-order valence-electron chi connectivity index (χ4n) is 3.41. The van der Waals surface area contributed by atoms with Gasteiger partial charge in [0.15, 0.2) is 11.5 Å². The fraction of sp³-hybridized carbons (Fsp3) is 0.500. The van der Waals surface area contributed by atoms with Crippen LogP contribution in [0.2, 0.25) is 0 Å². The number of hydrogen-bond acceptors (Lipinski definition) is 7. The fourth-order valence-corrected chi connectivity index (χ4v) is 3.41. The van der Waals surface area contributed by atoms with E-state index < -0.39 is 0 Å². The van der Waals surface area contributed by atoms with Crippen molar-refractivity contribution in [3.8, 4) is 17.2 Å². The average Bonchev–Trinajstić information content (AvgIpc) is 2.96. The number of nitrogens with one attached hydrogen (secondary N) is 2. The molecule has 1 aromatic carbocycles. The van der Waals surface area contributed by atoms with Crippen molar-refractivity contribution in [3.63, 3.8) is 0 Å². The normalized spacial score (nSPS) is 14.9. The molecule has 0 amide bonds. The monoisotopic (exact) mass is 372 g/mol. The molecule has 27 heavy (non-hydrogen) atoms. The second kappa shape index (κ2) is 9.30. The molecular formula is C20H28N4O3. The van der Waals surface area contributed by atoms with Gasteiger partial charge in [0, 0.05) is 30.1 Å². The SMILES string of the molecule is COc1cc(Nc2ccnc(NC3CCCCCC3)n2)cc(OC)c1OC. The average molecular weight is 372 g/mol. The highest BCUT2D eigenvalue weighted by molar-refractivity contribution is 5.66. The van der Waals surface area contributed by atoms with Gasteiger partial charge in [-0.25, -0.2) is 4.98 Å². The summed E-state index contributed by atoms with van der Waals surface area (Å²) in [4.78, 5) is 8.97. The maximum Gasteiger partial charge on any atom is 0.224 e. The zero-order chi connectivity index (χ0) is 19.1. The molecule has 1 aliphatic rings. The maximum absolute atomic E-state index is 5.40. The Morgan fingerprint density at radius 1 is 0.926 bits per heavy atom. The predicted molar refractivity (Wildman–Crippen MR) is 107 cm³/mol. The first-order valence-corrected chi connectivity index (χ1v) is 9.40. The maximum atomic E-state index is 5.40. The van der Waals surface area contributed by atoms with Gasteiger partial charge in [-0.15, -0.1) is 0 Å². The van der Waals surface area contributed by atoms with Gasteiger partial charge in [-0.05, 0) is 18.9 Å². The molecule has 7 heteroatoms. The van der Waals surface area contributed by atoms with Crippen molar-refractivity contribution < 1.29 is 14.2 Å². The first kappa shape index (κ1) is 19.1. The topological polar surface area (TPSA) is 77.5 Å². The van der Waals surface area contributed by atoms with E-state index in [0.717, 1.165) is 5.69 Å². The van der Waals surface area contributed by atoms with Gasteiger partial charge < -0.3 is 24.8 Å². The third-order valence-electron chi connectivity index (χ3n) is 4.78. The number of anilines is 3. The molecule has 0 aliphatic heterocycles. The molecule has 1 heterocycles. The molecule has 1 fully saturated rings. The van der Waals surface area contributed by atoms with Crippen LogP contribution in [0.15, 0.2) is 24.4 Å². The van der Waals surface area contributed by atoms with Crippen molar-refractivity contribution in [2.24, 2.45) is 0 Å². The van der Waals surface area contributed by atoms with Crippen LogP contribution in [0.3, 0.4) is 0 Å². The summed E-state index contributed by atoms with van der Waals surface area (Å²) in [5.41, 5.74) is 0.795. The Hall–Kier alpha value is -2.70. The molecule has 0 unspecified atom stereocenters. The number of rotatable bonds is 7. The Kier molecular flexibility index (Phi) is 6.57. The van der Waals surface area contributed by atoms with E-state index in [4.69, 9.17) is 14.2 Å². The van der Waals surface area contributed by atoms with E-state index in [9.17, 15) is 0 Å². The molecule has 0 saturated heterocycles. The summed E-state index contributed by atoms with van der Waals surface area (Å²) >= 11 is 0. The van der Waals surface area contributed by atoms with Crippen LogP contribution in [-0.4, -0.2) is 37.3 Å². The summed E-state index contributed by atoms with van der Waals surface area (Å²) in [6.45, 7) is 0. The van der Waals surface area contributed by atoms with Gasteiger partial charge >= 0.3 is 0 Å². The van der Waals surface area contributed by atoms with Crippen LogP contribution >= 0.6 is 0 Å². The number of benzene rings is 1. The van der Waals surface area contributed by atoms with Gasteiger partial charge in [0.25, 0.3) is 0 Å². The second-order valence-corrected chi connectivity index (χ2v) is 6.64. The van der Waals surface area contributed by atoms with Crippen LogP contribution in [-0.2, 0) is 0 Å². The highest BCUT2D eigenvalue weighted by atomic mass is 16.5. The lowest BCUT2D eigenvalue weighted by molar-refractivity contribution is 0.324. The van der Waals surface area contributed by atoms with Gasteiger partial charge in [-0.3, -0.25) is 0 Å². The number of hydrogen-bond donors (Lipinski definition) is 2. The van der Waals surface area contributed by atoms with Crippen LogP contribution in [0, 0.1) is 0 Å². The number of nitrogens with zero attached hydrogens (tertiary/aromatic N) is 2. The number of methoxy groups -OCH3 is 3. The molecule has 0 spiro atoms. The van der Waals surface area contributed by atoms with Crippen molar-refractivity contribution in [2.45, 2.75) is 44.6 Å². The quantitative estimate of drug-likeness (QED) is 0.698. The van der Waals surface area contributed by atoms with Crippen LogP contribution < -0.4 is 24.8 Å². The van der Waals surface area contributed by atoms with E-state index in [2.05, 4.69) is 20.6 Å². The molecule has 146 valence electrons. The third-order valence-corrected chi connectivity index (χ3v) is 4.78. The van der Waals surface area contributed by atoms with Crippen molar-refractivity contribution in [1.82, 2.24) is 9.97 Å². The Morgan fingerprint density at radius 2 is 1.59 bits per heavy atom. The predicted octanol–water partition coefficient (Wildman–Crippen LogP) is 4.38. The Labute approximate surface area is 160 Å². The Bertz CT molecular complexity index is 721. The highest BCUT2D eigenvalue weighted by Gasteiger charge is 2.15. The lowest BCUT2D eigenvalue weighted by Crippen LogP contribution is -2.20. The number of ether oxygens (including phenoxy) is 3. The summed E-state index contributed by atoms with van der Waals surface area (Å²) in [6.07, 6.45) is 9.28. The minimum absolute atomic E-state index is 0.448. The van der Waals surface area contributed by atoms with Crippen LogP contribution in [0.25, 0.3) is 0 Å². The van der Waals surface area contributed by atoms with Gasteiger partial charge in [-0.2, -0.15) is 4.98 Å². The zero-order valence-corrected chi connectivity index (χ0v) is 16.2. The van der Waals surface area contributed by atoms with Gasteiger partial charge in [0.1, 0.15) is 5.82 Å². The van der Waals surface area contributed by atoms with Crippen molar-refractivity contribution in [2.75, 3.05) is 32.0 Å². The first-order chi connectivity index (χ1) is 13.2. The highest BCUT2D eigenvalue weighted by Crippen LogP contribution is 2.40. The molecular weight excluding hydrogens is 344 g/mol. The Balaban J connectivity index is 1.75. The molecule has 0 atom stereocenters. The van der Waals surface area contributed by atoms with Crippen LogP contribution in [0.1, 0.15) is 38.5 Å². The van der Waals surface area contributed by atoms with Crippen molar-refractivity contribution in [3.05, 3.63) is 24.4 Å². The minimum Gasteiger partial charge on any atom is -0.493 e. The lowest BCUT2D eigenvalue weighted by Gasteiger charge is -2.17. The molecule has 1 aromatic heterocycles. The van der Waals surface area contributed by atoms with Crippen molar-refractivity contribution in [1.29, 1.82) is 0 Å². The lowest BCUT2D eigenvalue weighted by atomic mass is 10.1. The van der Waals surface area contributed by atoms with E-state index in [1.54, 1.807) is 27.5 Å². The standard InChI is InChI=1S/C20H28N4O3/c1-25-16-12-15(13-17(26-2)19(16)27-3)22-18-10-11-21-20(24-18)23-14-8-6-4-5-7-9-14/h10-14H,4-9H2,1-3H3,(H2,21,22,23,24). The third kappa shape index (κ3) is 4.93. The van der Waals surface area contributed by atoms with E-state index in [0.29, 0.717) is 35.1 Å². The van der Waals surface area contributed by atoms with Gasteiger partial charge in [0.2, 0.25) is 11.7 Å². The minimum atomic E-state index is 0.448. The molecule has 1 saturated carbocycles. The van der Waals surface area contributed by atoms with E-state index in [1.165, 1.54) is 38.5 Å². The molecule has 2 aromatic rings. The molecule has 3 rings (SSSR count). The summed E-state index contributed by atoms with van der Waals surface area (Å²) in [5, 5.41) is 6.77. The van der Waals surface area contributed by atoms with Crippen molar-refractivity contribution >= 4 is 17.5 Å². The van der Waals surface area contributed by atoms with Gasteiger partial charge in [0.05, 0.1) is 21.3 Å². The second-order valence-electron chi connectivity index (χ2n) is 6.64. The Morgan fingerprint density at radius 3 is 2.19 bits per heavy atom. The molecule has 0 bridgehead atoms. The summed E-state index contributed by atoms with van der Waals surface area (Å²) in [7, 11) is 4.78. The largest absolute Gasteiger partial charge is 0.493 e. The molecule has 7 nitrogen and oxygen atoms in total. The smallest absolute Gasteiger partial charge is 0.224 e. The van der Waals surface area contributed by atoms with E-state index >= 15 is 0 Å². The summed E-state index contributed by atoms with van der Waals surface area (Å²) in [5.74, 6) is 3.09. The summed E-state index contributed by atoms with van der Waals surface area (Å²) < 4.78 is 16.2. The number of aromatic nitrogens is 2. The van der Waals surface area contributed by atoms with E-state index in [-0.39, 0.29) is 0 Å². The molecule has 2 N–H and O–H groups in total. The molecule has 1 aliphatic carbocycles. The zero-order valence-electron chi connectivity index (χ0n) is 16.2.